The quantitative estimate of drug-likeness (QED) is 0.0423. The Morgan fingerprint density at radius 3 is 1.38 bits per heavy atom. The van der Waals surface area contributed by atoms with E-state index in [9.17, 15) is 9.90 Å². The summed E-state index contributed by atoms with van der Waals surface area (Å²) >= 11 is 0. The maximum Gasteiger partial charge on any atom is 0.261 e. The number of aliphatic hydroxyl groups excluding tert-OH is 1. The lowest BCUT2D eigenvalue weighted by Gasteiger charge is -2.46. The van der Waals surface area contributed by atoms with Gasteiger partial charge in [0.1, 0.15) is 0 Å². The van der Waals surface area contributed by atoms with Gasteiger partial charge in [0.05, 0.1) is 18.8 Å². The Morgan fingerprint density at radius 2 is 1.00 bits per heavy atom. The minimum absolute atomic E-state index is 0.0111. The SMILES string of the molecule is CCCCCCCCCCCCC/C=C/[C@@H](O[Si](c1ccccc1)(c1ccccc1)C(C)(C)C)[C@H](CO)NC(=O)CCCCCCCCCCCCCCC. The van der Waals surface area contributed by atoms with Crippen LogP contribution in [0.2, 0.25) is 5.04 Å². The van der Waals surface area contributed by atoms with Crippen molar-refractivity contribution in [2.45, 2.75) is 219 Å². The Hall–Kier alpha value is -2.21. The van der Waals surface area contributed by atoms with E-state index in [2.05, 4.69) is 113 Å². The molecule has 0 aromatic heterocycles. The van der Waals surface area contributed by atoms with E-state index in [1.165, 1.54) is 145 Å². The third-order valence-electron chi connectivity index (χ3n) is 11.5. The molecular formula is C50H85NO3Si. The van der Waals surface area contributed by atoms with Gasteiger partial charge in [0.15, 0.2) is 0 Å². The molecule has 0 aliphatic heterocycles. The van der Waals surface area contributed by atoms with Crippen LogP contribution < -0.4 is 15.7 Å². The Morgan fingerprint density at radius 1 is 0.618 bits per heavy atom. The van der Waals surface area contributed by atoms with Crippen molar-refractivity contribution >= 4 is 24.6 Å². The highest BCUT2D eigenvalue weighted by Crippen LogP contribution is 2.38. The van der Waals surface area contributed by atoms with Crippen LogP contribution in [-0.2, 0) is 9.22 Å². The molecule has 0 aliphatic rings. The number of benzene rings is 2. The van der Waals surface area contributed by atoms with Crippen molar-refractivity contribution < 1.29 is 14.3 Å². The van der Waals surface area contributed by atoms with Gasteiger partial charge >= 0.3 is 0 Å². The average molecular weight is 776 g/mol. The van der Waals surface area contributed by atoms with Crippen molar-refractivity contribution in [1.29, 1.82) is 0 Å². The van der Waals surface area contributed by atoms with Crippen LogP contribution in [0.15, 0.2) is 72.8 Å². The Balaban J connectivity index is 2.04. The number of carbonyl (C=O) groups excluding carboxylic acids is 1. The van der Waals surface area contributed by atoms with Crippen molar-refractivity contribution in [3.63, 3.8) is 0 Å². The van der Waals surface area contributed by atoms with E-state index in [0.717, 1.165) is 25.7 Å². The van der Waals surface area contributed by atoms with Gasteiger partial charge in [0.25, 0.3) is 8.32 Å². The molecule has 2 atom stereocenters. The van der Waals surface area contributed by atoms with Crippen LogP contribution in [0.5, 0.6) is 0 Å². The minimum atomic E-state index is -2.92. The Kier molecular flexibility index (Phi) is 27.5. The molecule has 2 aromatic rings. The summed E-state index contributed by atoms with van der Waals surface area (Å²) in [5.41, 5.74) is 0. The fraction of sp³-hybridized carbons (Fsp3) is 0.700. The highest BCUT2D eigenvalue weighted by Gasteiger charge is 2.52. The van der Waals surface area contributed by atoms with Crippen molar-refractivity contribution in [2.24, 2.45) is 0 Å². The molecule has 5 heteroatoms. The van der Waals surface area contributed by atoms with Crippen molar-refractivity contribution in [1.82, 2.24) is 5.32 Å². The summed E-state index contributed by atoms with van der Waals surface area (Å²) in [5, 5.41) is 16.3. The zero-order chi connectivity index (χ0) is 39.9. The molecule has 0 unspecified atom stereocenters. The number of allylic oxidation sites excluding steroid dienone is 1. The topological polar surface area (TPSA) is 58.6 Å². The molecule has 0 radical (unpaired) electrons. The van der Waals surface area contributed by atoms with Crippen molar-refractivity contribution in [2.75, 3.05) is 6.61 Å². The first-order valence-corrected chi connectivity index (χ1v) is 25.1. The second-order valence-electron chi connectivity index (χ2n) is 17.3. The van der Waals surface area contributed by atoms with Gasteiger partial charge in [-0.15, -0.1) is 0 Å². The first kappa shape index (κ1) is 48.9. The van der Waals surface area contributed by atoms with E-state index in [0.29, 0.717) is 6.42 Å². The molecule has 2 N–H and O–H groups in total. The van der Waals surface area contributed by atoms with Crippen molar-refractivity contribution in [3.8, 4) is 0 Å². The third-order valence-corrected chi connectivity index (χ3v) is 16.5. The maximum atomic E-state index is 13.4. The fourth-order valence-corrected chi connectivity index (χ4v) is 12.8. The number of unbranched alkanes of at least 4 members (excludes halogenated alkanes) is 23. The van der Waals surface area contributed by atoms with E-state index in [4.69, 9.17) is 4.43 Å². The molecule has 0 aliphatic carbocycles. The van der Waals surface area contributed by atoms with E-state index in [-0.39, 0.29) is 17.6 Å². The highest BCUT2D eigenvalue weighted by atomic mass is 28.4. The zero-order valence-corrected chi connectivity index (χ0v) is 37.4. The van der Waals surface area contributed by atoms with E-state index >= 15 is 0 Å². The average Bonchev–Trinajstić information content (AvgIpc) is 3.19. The van der Waals surface area contributed by atoms with Crippen LogP contribution in [0.1, 0.15) is 202 Å². The Bertz CT molecular complexity index is 1170. The number of hydrogen-bond acceptors (Lipinski definition) is 3. The molecule has 0 bridgehead atoms. The lowest BCUT2D eigenvalue weighted by molar-refractivity contribution is -0.122. The van der Waals surface area contributed by atoms with Gasteiger partial charge in [-0.1, -0.05) is 249 Å². The largest absolute Gasteiger partial charge is 0.399 e. The fourth-order valence-electron chi connectivity index (χ4n) is 8.12. The summed E-state index contributed by atoms with van der Waals surface area (Å²) in [7, 11) is -2.92. The zero-order valence-electron chi connectivity index (χ0n) is 36.4. The normalized spacial score (nSPS) is 13.3. The number of hydrogen-bond donors (Lipinski definition) is 2. The molecule has 0 fully saturated rings. The molecule has 0 heterocycles. The van der Waals surface area contributed by atoms with Gasteiger partial charge < -0.3 is 14.8 Å². The van der Waals surface area contributed by atoms with Gasteiger partial charge in [-0.25, -0.2) is 0 Å². The van der Waals surface area contributed by atoms with E-state index in [1.807, 2.05) is 0 Å². The molecule has 4 nitrogen and oxygen atoms in total. The number of amides is 1. The van der Waals surface area contributed by atoms with Gasteiger partial charge in [-0.05, 0) is 34.7 Å². The summed E-state index contributed by atoms with van der Waals surface area (Å²) < 4.78 is 7.54. The first-order valence-electron chi connectivity index (χ1n) is 23.2. The van der Waals surface area contributed by atoms with Crippen LogP contribution in [0.3, 0.4) is 0 Å². The van der Waals surface area contributed by atoms with Gasteiger partial charge in [-0.3, -0.25) is 4.79 Å². The molecule has 0 saturated carbocycles. The third kappa shape index (κ3) is 20.2. The van der Waals surface area contributed by atoms with Gasteiger partial charge in [0.2, 0.25) is 5.91 Å². The molecule has 2 rings (SSSR count). The summed E-state index contributed by atoms with van der Waals surface area (Å²) in [6.45, 7) is 11.2. The highest BCUT2D eigenvalue weighted by molar-refractivity contribution is 6.99. The van der Waals surface area contributed by atoms with Crippen LogP contribution in [-0.4, -0.2) is 38.1 Å². The number of carbonyl (C=O) groups is 1. The Labute approximate surface area is 341 Å². The first-order chi connectivity index (χ1) is 26.8. The van der Waals surface area contributed by atoms with E-state index in [1.54, 1.807) is 0 Å². The van der Waals surface area contributed by atoms with Gasteiger partial charge in [-0.2, -0.15) is 0 Å². The van der Waals surface area contributed by atoms with Crippen molar-refractivity contribution in [3.05, 3.63) is 72.8 Å². The summed E-state index contributed by atoms with van der Waals surface area (Å²) in [5.74, 6) is 0.0111. The predicted octanol–water partition coefficient (Wildman–Crippen LogP) is 13.1. The molecular weight excluding hydrogens is 691 g/mol. The lowest BCUT2D eigenvalue weighted by Crippen LogP contribution is -2.69. The molecule has 0 spiro atoms. The smallest absolute Gasteiger partial charge is 0.261 e. The van der Waals surface area contributed by atoms with Crippen LogP contribution in [0, 0.1) is 0 Å². The molecule has 1 amide bonds. The standard InChI is InChI=1S/C50H85NO3Si/c1-6-8-10-12-14-16-18-20-22-24-26-28-36-42-48(54-55(50(3,4)5,45-38-32-30-33-39-45)46-40-34-31-35-41-46)47(44-52)51-49(53)43-37-29-27-25-23-21-19-17-15-13-11-9-7-2/h30-36,38-42,47-48,52H,6-29,37,43-44H2,1-5H3,(H,51,53)/b42-36+/t47-,48+/m0/s1. The summed E-state index contributed by atoms with van der Waals surface area (Å²) in [6, 6.07) is 20.8. The molecule has 2 aromatic carbocycles. The summed E-state index contributed by atoms with van der Waals surface area (Å²) in [6.07, 6.45) is 36.7. The number of aliphatic hydroxyl groups is 1. The summed E-state index contributed by atoms with van der Waals surface area (Å²) in [4.78, 5) is 13.4. The van der Waals surface area contributed by atoms with Gasteiger partial charge in [0, 0.05) is 6.42 Å². The van der Waals surface area contributed by atoms with Crippen LogP contribution in [0.4, 0.5) is 0 Å². The number of rotatable bonds is 34. The maximum absolute atomic E-state index is 13.4. The molecule has 312 valence electrons. The predicted molar refractivity (Wildman–Crippen MR) is 242 cm³/mol. The second-order valence-corrected chi connectivity index (χ2v) is 21.6. The van der Waals surface area contributed by atoms with E-state index < -0.39 is 20.5 Å². The molecule has 55 heavy (non-hydrogen) atoms. The second kappa shape index (κ2) is 30.9. The molecule has 0 saturated heterocycles. The van der Waals surface area contributed by atoms with Crippen LogP contribution >= 0.6 is 0 Å². The number of nitrogens with one attached hydrogen (secondary N) is 1. The minimum Gasteiger partial charge on any atom is -0.399 e. The monoisotopic (exact) mass is 776 g/mol. The lowest BCUT2D eigenvalue weighted by atomic mass is 10.0. The van der Waals surface area contributed by atoms with Crippen LogP contribution in [0.25, 0.3) is 0 Å².